The molecule has 0 aromatic heterocycles. The fourth-order valence-corrected chi connectivity index (χ4v) is 6.18. The van der Waals surface area contributed by atoms with Crippen LogP contribution in [0.15, 0.2) is 0 Å². The molecule has 0 aliphatic heterocycles. The molecule has 4 atom stereocenters. The zero-order valence-electron chi connectivity index (χ0n) is 11.0. The second-order valence-electron chi connectivity index (χ2n) is 6.27. The summed E-state index contributed by atoms with van der Waals surface area (Å²) in [6.07, 6.45) is 4.49. The molecule has 2 rings (SSSR count). The number of hydrogen-bond donors (Lipinski definition) is 1. The summed E-state index contributed by atoms with van der Waals surface area (Å²) in [6, 6.07) is 0. The van der Waals surface area contributed by atoms with E-state index in [1.54, 1.807) is 13.8 Å². The molecular weight excluding hydrogens is 252 g/mol. The molecule has 0 saturated heterocycles. The predicted molar refractivity (Wildman–Crippen MR) is 69.0 cm³/mol. The average molecular weight is 274 g/mol. The first-order chi connectivity index (χ1) is 8.31. The van der Waals surface area contributed by atoms with Gasteiger partial charge in [0, 0.05) is 0 Å². The minimum absolute atomic E-state index is 0.0727. The van der Waals surface area contributed by atoms with Crippen LogP contribution in [0.1, 0.15) is 39.5 Å². The minimum atomic E-state index is -3.53. The van der Waals surface area contributed by atoms with E-state index >= 15 is 0 Å². The van der Waals surface area contributed by atoms with Gasteiger partial charge in [0.1, 0.15) is 0 Å². The van der Waals surface area contributed by atoms with Crippen molar-refractivity contribution in [3.8, 4) is 0 Å². The second kappa shape index (κ2) is 4.83. The summed E-state index contributed by atoms with van der Waals surface area (Å²) in [5, 5.41) is 7.87. The maximum absolute atomic E-state index is 12.3. The van der Waals surface area contributed by atoms with Gasteiger partial charge in [-0.2, -0.15) is 0 Å². The van der Waals surface area contributed by atoms with Crippen LogP contribution in [0, 0.1) is 23.7 Å². The number of aliphatic carboxylic acids is 1. The molecule has 4 unspecified atom stereocenters. The lowest BCUT2D eigenvalue weighted by atomic mass is 9.90. The topological polar surface area (TPSA) is 71.4 Å². The Balaban J connectivity index is 2.09. The highest BCUT2D eigenvalue weighted by molar-refractivity contribution is 7.92. The fourth-order valence-electron chi connectivity index (χ4n) is 3.84. The molecule has 0 amide bonds. The molecule has 2 aliphatic rings. The molecule has 2 fully saturated rings. The molecule has 1 N–H and O–H groups in total. The standard InChI is InChI=1S/C13H22O4S/c1-8(2)12(13(14)15)18(16,17)7-11-6-9-3-4-10(11)5-9/h8-12H,3-7H2,1-2H3,(H,14,15). The lowest BCUT2D eigenvalue weighted by Gasteiger charge is -2.24. The van der Waals surface area contributed by atoms with Crippen molar-refractivity contribution in [2.45, 2.75) is 44.8 Å². The van der Waals surface area contributed by atoms with Gasteiger partial charge in [0.05, 0.1) is 5.75 Å². The average Bonchev–Trinajstić information content (AvgIpc) is 2.75. The van der Waals surface area contributed by atoms with Gasteiger partial charge in [-0.25, -0.2) is 8.42 Å². The number of carbonyl (C=O) groups is 1. The van der Waals surface area contributed by atoms with Crippen molar-refractivity contribution < 1.29 is 18.3 Å². The number of carboxylic acid groups (broad SMARTS) is 1. The van der Waals surface area contributed by atoms with Crippen molar-refractivity contribution in [2.24, 2.45) is 23.7 Å². The summed E-state index contributed by atoms with van der Waals surface area (Å²) < 4.78 is 24.5. The van der Waals surface area contributed by atoms with E-state index in [-0.39, 0.29) is 17.6 Å². The van der Waals surface area contributed by atoms with Gasteiger partial charge in [0.15, 0.2) is 15.1 Å². The van der Waals surface area contributed by atoms with Crippen molar-refractivity contribution in [3.63, 3.8) is 0 Å². The van der Waals surface area contributed by atoms with Gasteiger partial charge in [-0.15, -0.1) is 0 Å². The first kappa shape index (κ1) is 13.8. The van der Waals surface area contributed by atoms with Gasteiger partial charge in [-0.05, 0) is 42.9 Å². The molecule has 2 aliphatic carbocycles. The van der Waals surface area contributed by atoms with E-state index in [0.29, 0.717) is 11.8 Å². The Bertz CT molecular complexity index is 426. The number of hydrogen-bond acceptors (Lipinski definition) is 3. The van der Waals surface area contributed by atoms with E-state index in [0.717, 1.165) is 19.3 Å². The fraction of sp³-hybridized carbons (Fsp3) is 0.923. The summed E-state index contributed by atoms with van der Waals surface area (Å²) in [4.78, 5) is 11.1. The van der Waals surface area contributed by atoms with Crippen LogP contribution in [0.2, 0.25) is 0 Å². The highest BCUT2D eigenvalue weighted by Crippen LogP contribution is 2.48. The Morgan fingerprint density at radius 1 is 1.28 bits per heavy atom. The normalized spacial score (nSPS) is 32.9. The van der Waals surface area contributed by atoms with Gasteiger partial charge in [0.2, 0.25) is 0 Å². The number of fused-ring (bicyclic) bond motifs is 2. The van der Waals surface area contributed by atoms with Gasteiger partial charge in [-0.3, -0.25) is 4.79 Å². The zero-order valence-corrected chi connectivity index (χ0v) is 11.8. The van der Waals surface area contributed by atoms with Crippen molar-refractivity contribution in [2.75, 3.05) is 5.75 Å². The van der Waals surface area contributed by atoms with E-state index in [2.05, 4.69) is 0 Å². The van der Waals surface area contributed by atoms with E-state index < -0.39 is 21.1 Å². The zero-order chi connectivity index (χ0) is 13.5. The van der Waals surface area contributed by atoms with Crippen molar-refractivity contribution >= 4 is 15.8 Å². The van der Waals surface area contributed by atoms with Crippen LogP contribution < -0.4 is 0 Å². The van der Waals surface area contributed by atoms with Crippen LogP contribution in [0.3, 0.4) is 0 Å². The van der Waals surface area contributed by atoms with E-state index in [4.69, 9.17) is 5.11 Å². The number of carboxylic acids is 1. The lowest BCUT2D eigenvalue weighted by molar-refractivity contribution is -0.137. The SMILES string of the molecule is CC(C)C(C(=O)O)S(=O)(=O)CC1CC2CCC1C2. The predicted octanol–water partition coefficient (Wildman–Crippen LogP) is 1.95. The van der Waals surface area contributed by atoms with Crippen LogP contribution >= 0.6 is 0 Å². The van der Waals surface area contributed by atoms with Crippen LogP contribution in [-0.2, 0) is 14.6 Å². The first-order valence-electron chi connectivity index (χ1n) is 6.75. The Labute approximate surface area is 109 Å². The monoisotopic (exact) mass is 274 g/mol. The number of rotatable bonds is 5. The Morgan fingerprint density at radius 2 is 1.94 bits per heavy atom. The smallest absolute Gasteiger partial charge is 0.322 e. The molecular formula is C13H22O4S. The highest BCUT2D eigenvalue weighted by atomic mass is 32.2. The molecule has 0 radical (unpaired) electrons. The van der Waals surface area contributed by atoms with Crippen LogP contribution in [0.4, 0.5) is 0 Å². The van der Waals surface area contributed by atoms with Crippen molar-refractivity contribution in [3.05, 3.63) is 0 Å². The molecule has 104 valence electrons. The van der Waals surface area contributed by atoms with E-state index in [9.17, 15) is 13.2 Å². The molecule has 0 heterocycles. The van der Waals surface area contributed by atoms with E-state index in [1.807, 2.05) is 0 Å². The van der Waals surface area contributed by atoms with Gasteiger partial charge in [-0.1, -0.05) is 20.3 Å². The summed E-state index contributed by atoms with van der Waals surface area (Å²) in [7, 11) is -3.53. The number of sulfone groups is 1. The third kappa shape index (κ3) is 2.56. The van der Waals surface area contributed by atoms with Gasteiger partial charge < -0.3 is 5.11 Å². The first-order valence-corrected chi connectivity index (χ1v) is 8.47. The maximum Gasteiger partial charge on any atom is 0.322 e. The van der Waals surface area contributed by atoms with Crippen molar-refractivity contribution in [1.29, 1.82) is 0 Å². The van der Waals surface area contributed by atoms with Crippen LogP contribution in [0.25, 0.3) is 0 Å². The highest BCUT2D eigenvalue weighted by Gasteiger charge is 2.44. The largest absolute Gasteiger partial charge is 0.480 e. The molecule has 0 spiro atoms. The molecule has 2 saturated carbocycles. The molecule has 2 bridgehead atoms. The van der Waals surface area contributed by atoms with Crippen molar-refractivity contribution in [1.82, 2.24) is 0 Å². The molecule has 5 heteroatoms. The van der Waals surface area contributed by atoms with Crippen LogP contribution in [0.5, 0.6) is 0 Å². The Morgan fingerprint density at radius 3 is 2.33 bits per heavy atom. The molecule has 0 aromatic rings. The third-order valence-electron chi connectivity index (χ3n) is 4.57. The van der Waals surface area contributed by atoms with Crippen LogP contribution in [-0.4, -0.2) is 30.5 Å². The van der Waals surface area contributed by atoms with E-state index in [1.165, 1.54) is 6.42 Å². The lowest BCUT2D eigenvalue weighted by Crippen LogP contribution is -2.39. The Kier molecular flexibility index (Phi) is 3.72. The molecule has 4 nitrogen and oxygen atoms in total. The summed E-state index contributed by atoms with van der Waals surface area (Å²) >= 11 is 0. The third-order valence-corrected chi connectivity index (χ3v) is 6.98. The molecule has 18 heavy (non-hydrogen) atoms. The minimum Gasteiger partial charge on any atom is -0.480 e. The summed E-state index contributed by atoms with van der Waals surface area (Å²) in [5.74, 6) is -0.0824. The molecule has 0 aromatic carbocycles. The quantitative estimate of drug-likeness (QED) is 0.831. The maximum atomic E-state index is 12.3. The summed E-state index contributed by atoms with van der Waals surface area (Å²) in [6.45, 7) is 3.33. The van der Waals surface area contributed by atoms with Gasteiger partial charge in [0.25, 0.3) is 0 Å². The Hall–Kier alpha value is -0.580. The summed E-state index contributed by atoms with van der Waals surface area (Å²) in [5.41, 5.74) is 0. The second-order valence-corrected chi connectivity index (χ2v) is 8.43. The van der Waals surface area contributed by atoms with Gasteiger partial charge >= 0.3 is 5.97 Å².